The van der Waals surface area contributed by atoms with Crippen LogP contribution in [-0.4, -0.2) is 23.0 Å². The van der Waals surface area contributed by atoms with Crippen molar-refractivity contribution in [1.82, 2.24) is 10.2 Å². The van der Waals surface area contributed by atoms with Crippen LogP contribution in [0.4, 0.5) is 16.3 Å². The number of aromatic nitrogens is 2. The summed E-state index contributed by atoms with van der Waals surface area (Å²) in [6.07, 6.45) is 0. The Morgan fingerprint density at radius 3 is 2.84 bits per heavy atom. The number of halogens is 1. The smallest absolute Gasteiger partial charge is 0.324 e. The molecule has 0 spiro atoms. The van der Waals surface area contributed by atoms with Crippen molar-refractivity contribution in [3.63, 3.8) is 0 Å². The van der Waals surface area contributed by atoms with Crippen LogP contribution in [0, 0.1) is 0 Å². The van der Waals surface area contributed by atoms with Gasteiger partial charge in [-0.2, -0.15) is 5.10 Å². The molecule has 3 aromatic carbocycles. The summed E-state index contributed by atoms with van der Waals surface area (Å²) in [6, 6.07) is 17.7. The summed E-state index contributed by atoms with van der Waals surface area (Å²) in [7, 11) is 0. The Balaban J connectivity index is 1.29. The molecule has 31 heavy (non-hydrogen) atoms. The number of urea groups is 1. The van der Waals surface area contributed by atoms with E-state index in [1.807, 2.05) is 42.5 Å². The first-order valence-corrected chi connectivity index (χ1v) is 9.85. The summed E-state index contributed by atoms with van der Waals surface area (Å²) >= 11 is 6.18. The maximum Gasteiger partial charge on any atom is 0.324 e. The molecule has 5 rings (SSSR count). The number of nitrogens with zero attached hydrogens (tertiary/aromatic N) is 1. The van der Waals surface area contributed by atoms with Crippen LogP contribution in [0.1, 0.15) is 5.56 Å². The molecule has 2 amide bonds. The van der Waals surface area contributed by atoms with Gasteiger partial charge in [0.15, 0.2) is 17.3 Å². The van der Waals surface area contributed by atoms with Crippen molar-refractivity contribution in [2.24, 2.45) is 0 Å². The van der Waals surface area contributed by atoms with Crippen LogP contribution >= 0.6 is 11.6 Å². The maximum atomic E-state index is 12.5. The number of ether oxygens (including phenoxy) is 3. The van der Waals surface area contributed by atoms with E-state index in [4.69, 9.17) is 25.8 Å². The Bertz CT molecular complexity index is 1270. The molecule has 156 valence electrons. The Morgan fingerprint density at radius 2 is 1.94 bits per heavy atom. The van der Waals surface area contributed by atoms with Gasteiger partial charge < -0.3 is 19.5 Å². The lowest BCUT2D eigenvalue weighted by Gasteiger charge is -2.09. The average Bonchev–Trinajstić information content (AvgIpc) is 3.39. The summed E-state index contributed by atoms with van der Waals surface area (Å²) in [5.74, 6) is 2.25. The molecule has 2 heterocycles. The fourth-order valence-corrected chi connectivity index (χ4v) is 3.39. The number of hydrogen-bond acceptors (Lipinski definition) is 5. The number of H-pyrrole nitrogens is 1. The van der Waals surface area contributed by atoms with E-state index in [-0.39, 0.29) is 6.79 Å². The minimum atomic E-state index is -0.436. The Hall–Kier alpha value is -3.91. The first-order valence-electron chi connectivity index (χ1n) is 9.48. The summed E-state index contributed by atoms with van der Waals surface area (Å²) < 4.78 is 16.5. The lowest BCUT2D eigenvalue weighted by Crippen LogP contribution is -2.19. The van der Waals surface area contributed by atoms with Crippen LogP contribution in [0.5, 0.6) is 17.2 Å². The van der Waals surface area contributed by atoms with E-state index in [1.54, 1.807) is 18.2 Å². The molecule has 3 N–H and O–H groups in total. The molecular formula is C22H17ClN4O4. The first-order chi connectivity index (χ1) is 15.2. The first kappa shape index (κ1) is 19.1. The van der Waals surface area contributed by atoms with Gasteiger partial charge in [-0.3, -0.25) is 10.4 Å². The van der Waals surface area contributed by atoms with Gasteiger partial charge in [0, 0.05) is 27.7 Å². The zero-order valence-electron chi connectivity index (χ0n) is 16.1. The molecule has 1 aliphatic heterocycles. The molecule has 0 bridgehead atoms. The topological polar surface area (TPSA) is 97.5 Å². The van der Waals surface area contributed by atoms with Crippen molar-refractivity contribution in [2.45, 2.75) is 6.61 Å². The zero-order chi connectivity index (χ0) is 21.2. The monoisotopic (exact) mass is 436 g/mol. The van der Waals surface area contributed by atoms with Gasteiger partial charge in [0.05, 0.1) is 5.52 Å². The zero-order valence-corrected chi connectivity index (χ0v) is 16.9. The van der Waals surface area contributed by atoms with Crippen molar-refractivity contribution in [2.75, 3.05) is 17.4 Å². The van der Waals surface area contributed by atoms with Gasteiger partial charge in [0.25, 0.3) is 0 Å². The summed E-state index contributed by atoms with van der Waals surface area (Å²) in [5.41, 5.74) is 2.23. The van der Waals surface area contributed by atoms with Gasteiger partial charge >= 0.3 is 6.03 Å². The van der Waals surface area contributed by atoms with Crippen molar-refractivity contribution in [1.29, 1.82) is 0 Å². The highest BCUT2D eigenvalue weighted by Crippen LogP contribution is 2.34. The van der Waals surface area contributed by atoms with E-state index in [2.05, 4.69) is 20.8 Å². The molecule has 0 saturated carbocycles. The van der Waals surface area contributed by atoms with Crippen molar-refractivity contribution >= 4 is 40.0 Å². The third-order valence-electron chi connectivity index (χ3n) is 4.75. The molecule has 0 fully saturated rings. The number of nitrogens with one attached hydrogen (secondary N) is 3. The van der Waals surface area contributed by atoms with Gasteiger partial charge in [-0.15, -0.1) is 0 Å². The highest BCUT2D eigenvalue weighted by Gasteiger charge is 2.15. The molecule has 9 heteroatoms. The molecule has 8 nitrogen and oxygen atoms in total. The number of carbonyl (C=O) groups excluding carboxylic acids is 1. The van der Waals surface area contributed by atoms with E-state index in [1.165, 1.54) is 0 Å². The molecule has 0 atom stereocenters. The van der Waals surface area contributed by atoms with E-state index in [9.17, 15) is 4.79 Å². The van der Waals surface area contributed by atoms with Crippen LogP contribution in [0.2, 0.25) is 5.02 Å². The summed E-state index contributed by atoms with van der Waals surface area (Å²) in [5, 5.41) is 14.0. The third-order valence-corrected chi connectivity index (χ3v) is 5.12. The average molecular weight is 437 g/mol. The Kier molecular flexibility index (Phi) is 4.97. The molecule has 1 aromatic heterocycles. The number of amides is 2. The lowest BCUT2D eigenvalue weighted by molar-refractivity contribution is 0.174. The fraction of sp³-hybridized carbons (Fsp3) is 0.0909. The molecular weight excluding hydrogens is 420 g/mol. The fourth-order valence-electron chi connectivity index (χ4n) is 3.20. The predicted octanol–water partition coefficient (Wildman–Crippen LogP) is 5.17. The van der Waals surface area contributed by atoms with Gasteiger partial charge in [0.1, 0.15) is 12.4 Å². The summed E-state index contributed by atoms with van der Waals surface area (Å²) in [6.45, 7) is 0.502. The number of benzene rings is 3. The number of anilines is 2. The van der Waals surface area contributed by atoms with Crippen LogP contribution in [0.15, 0.2) is 60.7 Å². The van der Waals surface area contributed by atoms with E-state index >= 15 is 0 Å². The van der Waals surface area contributed by atoms with Crippen molar-refractivity contribution in [3.8, 4) is 17.2 Å². The van der Waals surface area contributed by atoms with Gasteiger partial charge in [0.2, 0.25) is 6.79 Å². The molecule has 0 aliphatic carbocycles. The van der Waals surface area contributed by atoms with Crippen LogP contribution in [-0.2, 0) is 6.61 Å². The van der Waals surface area contributed by atoms with Crippen molar-refractivity contribution < 1.29 is 19.0 Å². The van der Waals surface area contributed by atoms with Gasteiger partial charge in [-0.25, -0.2) is 4.79 Å². The van der Waals surface area contributed by atoms with Crippen LogP contribution in [0.3, 0.4) is 0 Å². The van der Waals surface area contributed by atoms with Crippen LogP contribution in [0.25, 0.3) is 10.9 Å². The van der Waals surface area contributed by atoms with E-state index in [0.717, 1.165) is 16.5 Å². The largest absolute Gasteiger partial charge is 0.489 e. The quantitative estimate of drug-likeness (QED) is 0.401. The third kappa shape index (κ3) is 4.06. The van der Waals surface area contributed by atoms with E-state index in [0.29, 0.717) is 40.4 Å². The number of hydrogen-bond donors (Lipinski definition) is 3. The number of carbonyl (C=O) groups is 1. The predicted molar refractivity (Wildman–Crippen MR) is 117 cm³/mol. The normalized spacial score (nSPS) is 12.0. The minimum absolute atomic E-state index is 0.172. The number of rotatable bonds is 5. The maximum absolute atomic E-state index is 12.5. The highest BCUT2D eigenvalue weighted by atomic mass is 35.5. The number of aromatic amines is 1. The number of fused-ring (bicyclic) bond motifs is 2. The Labute approximate surface area is 182 Å². The SMILES string of the molecule is O=C(Nc1ccc2c(c1)OCO2)Nc1n[nH]c2ccc(OCc3ccccc3Cl)cc12. The molecule has 4 aromatic rings. The molecule has 1 aliphatic rings. The van der Waals surface area contributed by atoms with Gasteiger partial charge in [-0.1, -0.05) is 29.8 Å². The summed E-state index contributed by atoms with van der Waals surface area (Å²) in [4.78, 5) is 12.5. The second-order valence-electron chi connectivity index (χ2n) is 6.81. The van der Waals surface area contributed by atoms with E-state index < -0.39 is 6.03 Å². The molecule has 0 saturated heterocycles. The minimum Gasteiger partial charge on any atom is -0.489 e. The standard InChI is InChI=1S/C22H17ClN4O4/c23-17-4-2-1-3-13(17)11-29-15-6-7-18-16(10-15)21(27-26-18)25-22(28)24-14-5-8-19-20(9-14)31-12-30-19/h1-10H,11-12H2,(H3,24,25,26,27,28). The second kappa shape index (κ2) is 8.08. The van der Waals surface area contributed by atoms with Crippen LogP contribution < -0.4 is 24.8 Å². The highest BCUT2D eigenvalue weighted by molar-refractivity contribution is 6.31. The second-order valence-corrected chi connectivity index (χ2v) is 7.21. The molecule has 0 radical (unpaired) electrons. The lowest BCUT2D eigenvalue weighted by atomic mass is 10.2. The molecule has 0 unspecified atom stereocenters. The van der Waals surface area contributed by atoms with Gasteiger partial charge in [-0.05, 0) is 36.4 Å². The van der Waals surface area contributed by atoms with Crippen molar-refractivity contribution in [3.05, 3.63) is 71.2 Å². The Morgan fingerprint density at radius 1 is 1.06 bits per heavy atom.